The van der Waals surface area contributed by atoms with Crippen LogP contribution in [0, 0.1) is 0 Å². The van der Waals surface area contributed by atoms with E-state index in [1.165, 1.54) is 11.4 Å². The van der Waals surface area contributed by atoms with Gasteiger partial charge in [0.05, 0.1) is 28.7 Å². The molecule has 170 valence electrons. The van der Waals surface area contributed by atoms with Crippen LogP contribution in [0.1, 0.15) is 29.5 Å². The van der Waals surface area contributed by atoms with Crippen LogP contribution in [0.15, 0.2) is 91.0 Å². The van der Waals surface area contributed by atoms with Gasteiger partial charge in [0.25, 0.3) is 13.0 Å². The summed E-state index contributed by atoms with van der Waals surface area (Å²) in [5.41, 5.74) is 2.63. The van der Waals surface area contributed by atoms with Crippen molar-refractivity contribution in [3.63, 3.8) is 0 Å². The van der Waals surface area contributed by atoms with Crippen molar-refractivity contribution in [2.24, 2.45) is 0 Å². The Bertz CT molecular complexity index is 982. The summed E-state index contributed by atoms with van der Waals surface area (Å²) < 4.78 is 5.41. The summed E-state index contributed by atoms with van der Waals surface area (Å²) >= 11 is 1.21. The first kappa shape index (κ1) is 22.6. The molecule has 1 N–H and O–H groups in total. The highest BCUT2D eigenvalue weighted by Crippen LogP contribution is 2.63. The summed E-state index contributed by atoms with van der Waals surface area (Å²) in [5, 5.41) is 2.77. The van der Waals surface area contributed by atoms with Crippen molar-refractivity contribution in [3.05, 3.63) is 108 Å². The van der Waals surface area contributed by atoms with E-state index in [9.17, 15) is 9.69 Å². The second-order valence-electron chi connectivity index (χ2n) is 8.30. The van der Waals surface area contributed by atoms with Gasteiger partial charge in [-0.3, -0.25) is 9.69 Å². The number of nitrogens with zero attached hydrogens (tertiary/aromatic N) is 1. The van der Waals surface area contributed by atoms with Crippen LogP contribution in [0.25, 0.3) is 0 Å². The van der Waals surface area contributed by atoms with Gasteiger partial charge in [0.2, 0.25) is 0 Å². The van der Waals surface area contributed by atoms with Gasteiger partial charge in [0, 0.05) is 6.54 Å². The van der Waals surface area contributed by atoms with E-state index in [-0.39, 0.29) is 5.91 Å². The van der Waals surface area contributed by atoms with E-state index in [1.807, 2.05) is 54.6 Å². The maximum Gasteiger partial charge on any atom is 0.271 e. The van der Waals surface area contributed by atoms with Gasteiger partial charge in [-0.25, -0.2) is 4.52 Å². The molecule has 5 nitrogen and oxygen atoms in total. The molecular weight excluding hydrogens is 451 g/mol. The Morgan fingerprint density at radius 3 is 1.91 bits per heavy atom. The maximum absolute atomic E-state index is 13.5. The van der Waals surface area contributed by atoms with E-state index < -0.39 is 18.6 Å². The van der Waals surface area contributed by atoms with Crippen LogP contribution >= 0.6 is 18.5 Å². The van der Waals surface area contributed by atoms with Gasteiger partial charge in [-0.2, -0.15) is 5.09 Å². The molecule has 2 aliphatic rings. The number of benzene rings is 3. The van der Waals surface area contributed by atoms with E-state index in [0.29, 0.717) is 18.8 Å². The van der Waals surface area contributed by atoms with Crippen LogP contribution in [0.2, 0.25) is 0 Å². The average molecular weight is 479 g/mol. The molecule has 3 aromatic rings. The largest absolute Gasteiger partial charge is 0.627 e. The van der Waals surface area contributed by atoms with Crippen LogP contribution in [-0.4, -0.2) is 35.8 Å². The van der Waals surface area contributed by atoms with Gasteiger partial charge in [-0.05, 0) is 29.5 Å². The average Bonchev–Trinajstić information content (AvgIpc) is 3.52. The van der Waals surface area contributed by atoms with Gasteiger partial charge in [-0.15, -0.1) is 0 Å². The fourth-order valence-corrected chi connectivity index (χ4v) is 8.43. The standard InChI is InChI=1S/C26H27N2O3PS/c29-25(27-32(30)31-19-20-33-32)24-17-10-18-28(24)26(21-11-4-1-5-12-21,22-13-6-2-7-14-22)23-15-8-3-9-16-23/h1-9,11-16,24H,10,17-20H2,(H,27,29,30)/t24-,32?/m0/s1. The van der Waals surface area contributed by atoms with E-state index >= 15 is 0 Å². The lowest BCUT2D eigenvalue weighted by atomic mass is 9.75. The molecule has 0 aromatic heterocycles. The molecule has 5 rings (SSSR count). The minimum atomic E-state index is -3.18. The monoisotopic (exact) mass is 478 g/mol. The van der Waals surface area contributed by atoms with E-state index in [0.717, 1.165) is 29.7 Å². The third kappa shape index (κ3) is 4.23. The van der Waals surface area contributed by atoms with Crippen molar-refractivity contribution >= 4 is 24.4 Å². The predicted octanol–water partition coefficient (Wildman–Crippen LogP) is 4.36. The Labute approximate surface area is 199 Å². The highest BCUT2D eigenvalue weighted by atomic mass is 32.7. The Balaban J connectivity index is 1.66. The van der Waals surface area contributed by atoms with Crippen LogP contribution in [0.3, 0.4) is 0 Å². The summed E-state index contributed by atoms with van der Waals surface area (Å²) in [5.74, 6) is 0.408. The molecule has 3 aromatic carbocycles. The maximum atomic E-state index is 13.5. The normalized spacial score (nSPS) is 23.5. The number of hydrogen-bond donors (Lipinski definition) is 1. The molecule has 0 aliphatic carbocycles. The number of rotatable bonds is 6. The fraction of sp³-hybridized carbons (Fsp3) is 0.269. The highest BCUT2D eigenvalue weighted by molar-refractivity contribution is 8.58. The number of hydrogen-bond acceptors (Lipinski definition) is 5. The third-order valence-electron chi connectivity index (χ3n) is 6.41. The lowest BCUT2D eigenvalue weighted by molar-refractivity contribution is -0.186. The summed E-state index contributed by atoms with van der Waals surface area (Å²) in [4.78, 5) is 28.8. The first-order valence-electron chi connectivity index (χ1n) is 11.3. The van der Waals surface area contributed by atoms with Crippen molar-refractivity contribution < 1.29 is 14.2 Å². The summed E-state index contributed by atoms with van der Waals surface area (Å²) in [6, 6.07) is 30.7. The molecular formula is C26H27N2O3PS. The quantitative estimate of drug-likeness (QED) is 0.421. The molecule has 0 saturated carbocycles. The number of amides is 1. The highest BCUT2D eigenvalue weighted by Gasteiger charge is 2.50. The van der Waals surface area contributed by atoms with Crippen LogP contribution in [-0.2, 0) is 14.9 Å². The number of carbonyl (C=O) groups is 1. The van der Waals surface area contributed by atoms with Crippen LogP contribution in [0.4, 0.5) is 0 Å². The van der Waals surface area contributed by atoms with Gasteiger partial charge in [0.15, 0.2) is 0 Å². The summed E-state index contributed by atoms with van der Waals surface area (Å²) in [6.07, 6.45) is 1.58. The first-order chi connectivity index (χ1) is 16.1. The molecule has 0 spiro atoms. The van der Waals surface area contributed by atoms with Crippen molar-refractivity contribution in [3.8, 4) is 0 Å². The zero-order valence-electron chi connectivity index (χ0n) is 18.3. The molecule has 2 fully saturated rings. The molecule has 1 amide bonds. The molecule has 2 saturated heterocycles. The van der Waals surface area contributed by atoms with E-state index in [2.05, 4.69) is 46.4 Å². The molecule has 0 radical (unpaired) electrons. The number of carbonyl (C=O) groups excluding carboxylic acids is 1. The molecule has 0 bridgehead atoms. The van der Waals surface area contributed by atoms with E-state index in [4.69, 9.17) is 4.52 Å². The molecule has 2 atom stereocenters. The summed E-state index contributed by atoms with van der Waals surface area (Å²) in [6.45, 7) is 1.15. The van der Waals surface area contributed by atoms with Crippen molar-refractivity contribution in [2.75, 3.05) is 18.9 Å². The topological polar surface area (TPSA) is 64.6 Å². The van der Waals surface area contributed by atoms with Crippen molar-refractivity contribution in [1.82, 2.24) is 9.99 Å². The molecule has 7 heteroatoms. The zero-order chi connectivity index (χ0) is 22.7. The Morgan fingerprint density at radius 1 is 0.939 bits per heavy atom. The van der Waals surface area contributed by atoms with Gasteiger partial charge >= 0.3 is 0 Å². The van der Waals surface area contributed by atoms with Crippen LogP contribution < -0.4 is 9.98 Å². The minimum absolute atomic E-state index is 0.225. The van der Waals surface area contributed by atoms with Gasteiger partial charge in [-0.1, -0.05) is 91.0 Å². The third-order valence-corrected chi connectivity index (χ3v) is 10.3. The first-order valence-corrected chi connectivity index (χ1v) is 14.5. The fourth-order valence-electron chi connectivity index (χ4n) is 5.10. The predicted molar refractivity (Wildman–Crippen MR) is 132 cm³/mol. The lowest BCUT2D eigenvalue weighted by Gasteiger charge is -2.46. The van der Waals surface area contributed by atoms with Crippen LogP contribution in [0.5, 0.6) is 0 Å². The zero-order valence-corrected chi connectivity index (χ0v) is 20.0. The summed E-state index contributed by atoms with van der Waals surface area (Å²) in [7, 11) is -3.18. The SMILES string of the molecule is O=C(N[P+]1([O-])OCCS1)[C@@H]1CCCN1C(c1ccccc1)(c1ccccc1)c1ccccc1. The second kappa shape index (κ2) is 9.57. The Hall–Kier alpha value is -2.21. The van der Waals surface area contributed by atoms with Crippen molar-refractivity contribution in [1.29, 1.82) is 0 Å². The number of nitrogens with one attached hydrogen (secondary N) is 1. The Morgan fingerprint density at radius 2 is 1.45 bits per heavy atom. The molecule has 2 heterocycles. The van der Waals surface area contributed by atoms with Crippen molar-refractivity contribution in [2.45, 2.75) is 24.4 Å². The smallest absolute Gasteiger partial charge is 0.271 e. The lowest BCUT2D eigenvalue weighted by Crippen LogP contribution is -2.55. The second-order valence-corrected chi connectivity index (χ2v) is 12.7. The molecule has 2 aliphatic heterocycles. The number of likely N-dealkylation sites (tertiary alicyclic amines) is 1. The molecule has 33 heavy (non-hydrogen) atoms. The van der Waals surface area contributed by atoms with Gasteiger partial charge < -0.3 is 4.89 Å². The van der Waals surface area contributed by atoms with Gasteiger partial charge in [0.1, 0.15) is 6.61 Å². The molecule has 1 unspecified atom stereocenters. The minimum Gasteiger partial charge on any atom is -0.627 e. The van der Waals surface area contributed by atoms with E-state index in [1.54, 1.807) is 0 Å². The Kier molecular flexibility index (Phi) is 6.55.